The number of benzene rings is 1. The molecule has 134 valence electrons. The zero-order valence-corrected chi connectivity index (χ0v) is 16.1. The van der Waals surface area contributed by atoms with Crippen LogP contribution in [0.4, 0.5) is 5.13 Å². The van der Waals surface area contributed by atoms with E-state index in [4.69, 9.17) is 11.6 Å². The van der Waals surface area contributed by atoms with Gasteiger partial charge in [0.2, 0.25) is 16.9 Å². The maximum atomic E-state index is 12.5. The molecule has 0 saturated carbocycles. The Bertz CT molecular complexity index is 761. The van der Waals surface area contributed by atoms with Gasteiger partial charge in [-0.25, -0.2) is 0 Å². The van der Waals surface area contributed by atoms with E-state index < -0.39 is 11.4 Å². The van der Waals surface area contributed by atoms with Crippen molar-refractivity contribution in [2.75, 3.05) is 5.32 Å². The summed E-state index contributed by atoms with van der Waals surface area (Å²) < 4.78 is 0. The topological polar surface area (TPSA) is 84.0 Å². The van der Waals surface area contributed by atoms with E-state index in [0.717, 1.165) is 16.1 Å². The van der Waals surface area contributed by atoms with Gasteiger partial charge in [-0.2, -0.15) is 0 Å². The molecule has 1 aromatic heterocycles. The number of alkyl halides is 1. The van der Waals surface area contributed by atoms with E-state index in [2.05, 4.69) is 20.8 Å². The van der Waals surface area contributed by atoms with Crippen molar-refractivity contribution in [1.29, 1.82) is 0 Å². The molecule has 6 nitrogen and oxygen atoms in total. The minimum Gasteiger partial charge on any atom is -0.343 e. The molecule has 0 bridgehead atoms. The number of nitrogens with zero attached hydrogens (tertiary/aromatic N) is 2. The van der Waals surface area contributed by atoms with E-state index >= 15 is 0 Å². The SMILES string of the molecule is Cc1cccc(-c2nnc(NC(=O)C(NC(=O)C(C)Cl)C(C)C)s2)c1. The summed E-state index contributed by atoms with van der Waals surface area (Å²) in [6.45, 7) is 7.26. The number of carbonyl (C=O) groups is 2. The quantitative estimate of drug-likeness (QED) is 0.753. The number of aryl methyl sites for hydroxylation is 1. The zero-order valence-electron chi connectivity index (χ0n) is 14.5. The van der Waals surface area contributed by atoms with Gasteiger partial charge in [0, 0.05) is 5.56 Å². The number of carbonyl (C=O) groups excluding carboxylic acids is 2. The molecule has 2 amide bonds. The van der Waals surface area contributed by atoms with Gasteiger partial charge in [-0.05, 0) is 25.8 Å². The lowest BCUT2D eigenvalue weighted by Crippen LogP contribution is -2.48. The van der Waals surface area contributed by atoms with Crippen LogP contribution in [0.15, 0.2) is 24.3 Å². The minimum atomic E-state index is -0.705. The van der Waals surface area contributed by atoms with Crippen molar-refractivity contribution in [1.82, 2.24) is 15.5 Å². The number of amides is 2. The number of rotatable bonds is 6. The Labute approximate surface area is 156 Å². The lowest BCUT2D eigenvalue weighted by atomic mass is 10.0. The fourth-order valence-electron chi connectivity index (χ4n) is 2.15. The number of aromatic nitrogens is 2. The largest absolute Gasteiger partial charge is 0.343 e. The van der Waals surface area contributed by atoms with Gasteiger partial charge in [0.15, 0.2) is 0 Å². The number of anilines is 1. The Morgan fingerprint density at radius 3 is 2.48 bits per heavy atom. The van der Waals surface area contributed by atoms with Crippen LogP contribution in [0.2, 0.25) is 0 Å². The molecule has 0 saturated heterocycles. The monoisotopic (exact) mass is 380 g/mol. The first-order valence-corrected chi connectivity index (χ1v) is 9.19. The summed E-state index contributed by atoms with van der Waals surface area (Å²) >= 11 is 7.05. The third-order valence-electron chi connectivity index (χ3n) is 3.53. The Morgan fingerprint density at radius 1 is 1.16 bits per heavy atom. The minimum absolute atomic E-state index is 0.0940. The summed E-state index contributed by atoms with van der Waals surface area (Å²) in [5.41, 5.74) is 2.07. The second-order valence-electron chi connectivity index (χ2n) is 6.12. The first-order valence-electron chi connectivity index (χ1n) is 7.93. The molecule has 0 radical (unpaired) electrons. The molecule has 25 heavy (non-hydrogen) atoms. The molecular formula is C17H21ClN4O2S. The van der Waals surface area contributed by atoms with Gasteiger partial charge in [-0.3, -0.25) is 14.9 Å². The molecule has 2 rings (SSSR count). The number of hydrogen-bond acceptors (Lipinski definition) is 5. The highest BCUT2D eigenvalue weighted by molar-refractivity contribution is 7.18. The van der Waals surface area contributed by atoms with Gasteiger partial charge in [-0.15, -0.1) is 21.8 Å². The van der Waals surface area contributed by atoms with Crippen LogP contribution in [0.3, 0.4) is 0 Å². The molecule has 2 unspecified atom stereocenters. The fourth-order valence-corrected chi connectivity index (χ4v) is 2.96. The van der Waals surface area contributed by atoms with Crippen molar-refractivity contribution in [2.45, 2.75) is 39.1 Å². The van der Waals surface area contributed by atoms with E-state index in [1.165, 1.54) is 11.3 Å². The van der Waals surface area contributed by atoms with Crippen molar-refractivity contribution in [3.05, 3.63) is 29.8 Å². The Hall–Kier alpha value is -1.99. The van der Waals surface area contributed by atoms with Crippen molar-refractivity contribution >= 4 is 39.9 Å². The molecule has 0 aliphatic heterocycles. The van der Waals surface area contributed by atoms with Gasteiger partial charge in [0.05, 0.1) is 0 Å². The van der Waals surface area contributed by atoms with Crippen LogP contribution >= 0.6 is 22.9 Å². The maximum Gasteiger partial charge on any atom is 0.249 e. The van der Waals surface area contributed by atoms with E-state index in [-0.39, 0.29) is 17.7 Å². The average molecular weight is 381 g/mol. The molecule has 2 aromatic rings. The van der Waals surface area contributed by atoms with Crippen LogP contribution in [0.5, 0.6) is 0 Å². The Morgan fingerprint density at radius 2 is 1.88 bits per heavy atom. The number of nitrogens with one attached hydrogen (secondary N) is 2. The standard InChI is InChI=1S/C17H21ClN4O2S/c1-9(2)13(19-14(23)11(4)18)15(24)20-17-22-21-16(25-17)12-7-5-6-10(3)8-12/h5-9,11,13H,1-4H3,(H,19,23)(H,20,22,24). The van der Waals surface area contributed by atoms with Gasteiger partial charge >= 0.3 is 0 Å². The molecule has 2 N–H and O–H groups in total. The van der Waals surface area contributed by atoms with Crippen LogP contribution in [-0.2, 0) is 9.59 Å². The molecule has 2 atom stereocenters. The van der Waals surface area contributed by atoms with Gasteiger partial charge in [0.1, 0.15) is 16.4 Å². The van der Waals surface area contributed by atoms with Crippen molar-refractivity contribution in [3.63, 3.8) is 0 Å². The third-order valence-corrected chi connectivity index (χ3v) is 4.61. The number of halogens is 1. The zero-order chi connectivity index (χ0) is 18.6. The van der Waals surface area contributed by atoms with E-state index in [9.17, 15) is 9.59 Å². The van der Waals surface area contributed by atoms with Crippen molar-refractivity contribution in [2.24, 2.45) is 5.92 Å². The lowest BCUT2D eigenvalue weighted by molar-refractivity contribution is -0.127. The first-order chi connectivity index (χ1) is 11.8. The fraction of sp³-hybridized carbons (Fsp3) is 0.412. The summed E-state index contributed by atoms with van der Waals surface area (Å²) in [6.07, 6.45) is 0. The van der Waals surface area contributed by atoms with Crippen LogP contribution in [0.1, 0.15) is 26.3 Å². The van der Waals surface area contributed by atoms with E-state index in [1.807, 2.05) is 45.0 Å². The lowest BCUT2D eigenvalue weighted by Gasteiger charge is -2.21. The van der Waals surface area contributed by atoms with Crippen molar-refractivity contribution in [3.8, 4) is 10.6 Å². The summed E-state index contributed by atoms with van der Waals surface area (Å²) in [4.78, 5) is 24.3. The Balaban J connectivity index is 2.10. The molecule has 0 aliphatic rings. The second-order valence-corrected chi connectivity index (χ2v) is 7.75. The molecule has 0 spiro atoms. The first kappa shape index (κ1) is 19.3. The molecular weight excluding hydrogens is 360 g/mol. The normalized spacial score (nSPS) is 13.4. The number of hydrogen-bond donors (Lipinski definition) is 2. The predicted octanol–water partition coefficient (Wildman–Crippen LogP) is 3.22. The van der Waals surface area contributed by atoms with Crippen LogP contribution in [0, 0.1) is 12.8 Å². The summed E-state index contributed by atoms with van der Waals surface area (Å²) in [5, 5.41) is 13.9. The highest BCUT2D eigenvalue weighted by atomic mass is 35.5. The highest BCUT2D eigenvalue weighted by Crippen LogP contribution is 2.27. The highest BCUT2D eigenvalue weighted by Gasteiger charge is 2.26. The van der Waals surface area contributed by atoms with Crippen LogP contribution < -0.4 is 10.6 Å². The molecule has 8 heteroatoms. The Kier molecular flexibility index (Phi) is 6.50. The van der Waals surface area contributed by atoms with Crippen LogP contribution in [0.25, 0.3) is 10.6 Å². The van der Waals surface area contributed by atoms with E-state index in [1.54, 1.807) is 6.92 Å². The summed E-state index contributed by atoms with van der Waals surface area (Å²) in [7, 11) is 0. The second kappa shape index (κ2) is 8.40. The average Bonchev–Trinajstić information content (AvgIpc) is 3.00. The maximum absolute atomic E-state index is 12.5. The van der Waals surface area contributed by atoms with Crippen molar-refractivity contribution < 1.29 is 9.59 Å². The molecule has 0 fully saturated rings. The molecule has 1 aromatic carbocycles. The molecule has 0 aliphatic carbocycles. The van der Waals surface area contributed by atoms with E-state index in [0.29, 0.717) is 5.13 Å². The summed E-state index contributed by atoms with van der Waals surface area (Å²) in [6, 6.07) is 7.20. The predicted molar refractivity (Wildman–Crippen MR) is 101 cm³/mol. The summed E-state index contributed by atoms with van der Waals surface area (Å²) in [5.74, 6) is -0.815. The third kappa shape index (κ3) is 5.24. The van der Waals surface area contributed by atoms with Crippen LogP contribution in [-0.4, -0.2) is 33.4 Å². The smallest absolute Gasteiger partial charge is 0.249 e. The van der Waals surface area contributed by atoms with Gasteiger partial charge < -0.3 is 5.32 Å². The van der Waals surface area contributed by atoms with Gasteiger partial charge in [-0.1, -0.05) is 48.9 Å². The van der Waals surface area contributed by atoms with Gasteiger partial charge in [0.25, 0.3) is 0 Å². The molecule has 1 heterocycles.